The van der Waals surface area contributed by atoms with Crippen molar-refractivity contribution in [2.24, 2.45) is 0 Å². The fourth-order valence-corrected chi connectivity index (χ4v) is 3.11. The van der Waals surface area contributed by atoms with Gasteiger partial charge in [-0.25, -0.2) is 9.59 Å². The minimum absolute atomic E-state index is 0.123. The Bertz CT molecular complexity index is 852. The Kier molecular flexibility index (Phi) is 7.35. The number of rotatable bonds is 7. The largest absolute Gasteiger partial charge is 0.453 e. The minimum atomic E-state index is -1.36. The van der Waals surface area contributed by atoms with Gasteiger partial charge in [0.05, 0.1) is 23.8 Å². The van der Waals surface area contributed by atoms with Gasteiger partial charge >= 0.3 is 11.9 Å². The number of carbonyl (C=O) groups is 2. The van der Waals surface area contributed by atoms with Gasteiger partial charge in [-0.15, -0.1) is 6.58 Å². The van der Waals surface area contributed by atoms with Gasteiger partial charge in [-0.3, -0.25) is 0 Å². The lowest BCUT2D eigenvalue weighted by Crippen LogP contribution is -2.60. The van der Waals surface area contributed by atoms with Crippen molar-refractivity contribution in [3.05, 3.63) is 84.4 Å². The summed E-state index contributed by atoms with van der Waals surface area (Å²) in [4.78, 5) is 25.0. The summed E-state index contributed by atoms with van der Waals surface area (Å²) in [6.07, 6.45) is -3.86. The standard InChI is InChI=1S/C23H24O7/c1-3-14-27-23-20(30-22(26)17-12-8-5-9-13-17)18(24)19(15(2)28-23)29-21(25)16-10-6-4-7-11-16/h3-13,15,18-20,23-24H,1,14H2,2H3/t15-,18+,19+,20-,23+/m0/s1. The van der Waals surface area contributed by atoms with Crippen molar-refractivity contribution in [1.29, 1.82) is 0 Å². The molecular formula is C23H24O7. The van der Waals surface area contributed by atoms with Crippen LogP contribution in [0.4, 0.5) is 0 Å². The summed E-state index contributed by atoms with van der Waals surface area (Å²) in [7, 11) is 0. The quantitative estimate of drug-likeness (QED) is 0.552. The Morgan fingerprint density at radius 2 is 1.47 bits per heavy atom. The highest BCUT2D eigenvalue weighted by molar-refractivity contribution is 5.90. The van der Waals surface area contributed by atoms with Crippen molar-refractivity contribution in [3.63, 3.8) is 0 Å². The molecule has 0 saturated carbocycles. The molecule has 0 amide bonds. The summed E-state index contributed by atoms with van der Waals surface area (Å²) in [5, 5.41) is 10.9. The molecule has 2 aromatic carbocycles. The molecule has 1 heterocycles. The van der Waals surface area contributed by atoms with E-state index in [1.54, 1.807) is 67.6 Å². The summed E-state index contributed by atoms with van der Waals surface area (Å²) < 4.78 is 22.3. The molecule has 7 nitrogen and oxygen atoms in total. The maximum Gasteiger partial charge on any atom is 0.338 e. The number of benzene rings is 2. The number of carbonyl (C=O) groups excluding carboxylic acids is 2. The second kappa shape index (κ2) is 10.2. The molecule has 1 fully saturated rings. The van der Waals surface area contributed by atoms with Crippen LogP contribution in [0, 0.1) is 0 Å². The lowest BCUT2D eigenvalue weighted by Gasteiger charge is -2.42. The molecule has 0 aromatic heterocycles. The third-order valence-electron chi connectivity index (χ3n) is 4.64. The van der Waals surface area contributed by atoms with E-state index in [1.807, 2.05) is 0 Å². The first-order valence-corrected chi connectivity index (χ1v) is 9.59. The van der Waals surface area contributed by atoms with Gasteiger partial charge in [0.2, 0.25) is 0 Å². The average Bonchev–Trinajstić information content (AvgIpc) is 2.78. The highest BCUT2D eigenvalue weighted by Crippen LogP contribution is 2.28. The number of ether oxygens (including phenoxy) is 4. The smallest absolute Gasteiger partial charge is 0.338 e. The molecule has 0 aliphatic carbocycles. The van der Waals surface area contributed by atoms with Crippen molar-refractivity contribution < 1.29 is 33.6 Å². The molecule has 7 heteroatoms. The van der Waals surface area contributed by atoms with Crippen molar-refractivity contribution >= 4 is 11.9 Å². The molecule has 0 bridgehead atoms. The topological polar surface area (TPSA) is 91.3 Å². The van der Waals surface area contributed by atoms with Crippen molar-refractivity contribution in [3.8, 4) is 0 Å². The number of aliphatic hydroxyl groups is 1. The van der Waals surface area contributed by atoms with Crippen LogP contribution in [0.5, 0.6) is 0 Å². The first kappa shape index (κ1) is 21.7. The van der Waals surface area contributed by atoms with Gasteiger partial charge < -0.3 is 24.1 Å². The molecule has 1 saturated heterocycles. The van der Waals surface area contributed by atoms with Crippen LogP contribution in [0.1, 0.15) is 27.6 Å². The van der Waals surface area contributed by atoms with Crippen LogP contribution in [0.25, 0.3) is 0 Å². The molecule has 5 atom stereocenters. The van der Waals surface area contributed by atoms with Crippen LogP contribution in [-0.4, -0.2) is 54.4 Å². The van der Waals surface area contributed by atoms with Gasteiger partial charge in [-0.2, -0.15) is 0 Å². The Balaban J connectivity index is 1.78. The van der Waals surface area contributed by atoms with E-state index in [4.69, 9.17) is 18.9 Å². The lowest BCUT2D eigenvalue weighted by atomic mass is 9.99. The zero-order valence-electron chi connectivity index (χ0n) is 16.5. The molecule has 158 valence electrons. The number of hydrogen-bond donors (Lipinski definition) is 1. The predicted molar refractivity (Wildman–Crippen MR) is 108 cm³/mol. The number of aliphatic hydroxyl groups excluding tert-OH is 1. The Hall–Kier alpha value is -3.00. The van der Waals surface area contributed by atoms with E-state index in [0.29, 0.717) is 11.1 Å². The molecule has 0 unspecified atom stereocenters. The summed E-state index contributed by atoms with van der Waals surface area (Å²) in [5.74, 6) is -1.27. The van der Waals surface area contributed by atoms with Gasteiger partial charge in [0.15, 0.2) is 18.5 Å². The van der Waals surface area contributed by atoms with E-state index < -0.39 is 42.6 Å². The molecule has 3 rings (SSSR count). The molecular weight excluding hydrogens is 388 g/mol. The fourth-order valence-electron chi connectivity index (χ4n) is 3.11. The molecule has 30 heavy (non-hydrogen) atoms. The van der Waals surface area contributed by atoms with Gasteiger partial charge in [0.25, 0.3) is 0 Å². The third-order valence-corrected chi connectivity index (χ3v) is 4.64. The number of hydrogen-bond acceptors (Lipinski definition) is 7. The van der Waals surface area contributed by atoms with Crippen molar-refractivity contribution in [1.82, 2.24) is 0 Å². The highest BCUT2D eigenvalue weighted by atomic mass is 16.7. The molecule has 2 aromatic rings. The van der Waals surface area contributed by atoms with E-state index in [9.17, 15) is 14.7 Å². The lowest BCUT2D eigenvalue weighted by molar-refractivity contribution is -0.288. The van der Waals surface area contributed by atoms with Crippen LogP contribution in [0.2, 0.25) is 0 Å². The maximum absolute atomic E-state index is 12.5. The van der Waals surface area contributed by atoms with E-state index in [2.05, 4.69) is 6.58 Å². The van der Waals surface area contributed by atoms with Crippen molar-refractivity contribution in [2.45, 2.75) is 37.6 Å². The van der Waals surface area contributed by atoms with Crippen molar-refractivity contribution in [2.75, 3.05) is 6.61 Å². The summed E-state index contributed by atoms with van der Waals surface area (Å²) in [6.45, 7) is 5.35. The van der Waals surface area contributed by atoms with Crippen LogP contribution in [0.3, 0.4) is 0 Å². The predicted octanol–water partition coefficient (Wildman–Crippen LogP) is 2.75. The average molecular weight is 412 g/mol. The Morgan fingerprint density at radius 3 is 1.97 bits per heavy atom. The van der Waals surface area contributed by atoms with E-state index >= 15 is 0 Å². The first-order chi connectivity index (χ1) is 14.5. The Morgan fingerprint density at radius 1 is 0.967 bits per heavy atom. The molecule has 1 N–H and O–H groups in total. The van der Waals surface area contributed by atoms with Gasteiger partial charge in [0.1, 0.15) is 6.10 Å². The highest BCUT2D eigenvalue weighted by Gasteiger charge is 2.48. The van der Waals surface area contributed by atoms with Gasteiger partial charge in [0, 0.05) is 0 Å². The zero-order chi connectivity index (χ0) is 21.5. The normalized spacial score (nSPS) is 25.9. The fraction of sp³-hybridized carbons (Fsp3) is 0.304. The minimum Gasteiger partial charge on any atom is -0.453 e. The number of esters is 2. The molecule has 0 radical (unpaired) electrons. The molecule has 1 aliphatic rings. The second-order valence-electron chi connectivity index (χ2n) is 6.79. The molecule has 1 aliphatic heterocycles. The SMILES string of the molecule is C=CCO[C@@H]1O[C@@H](C)[C@@H](OC(=O)c2ccccc2)[C@@H](O)[C@@H]1OC(=O)c1ccccc1. The summed E-state index contributed by atoms with van der Waals surface area (Å²) in [5.41, 5.74) is 0.642. The summed E-state index contributed by atoms with van der Waals surface area (Å²) in [6, 6.07) is 16.7. The Labute approximate surface area is 174 Å². The second-order valence-corrected chi connectivity index (χ2v) is 6.79. The summed E-state index contributed by atoms with van der Waals surface area (Å²) >= 11 is 0. The van der Waals surface area contributed by atoms with E-state index in [-0.39, 0.29) is 6.61 Å². The van der Waals surface area contributed by atoms with Crippen LogP contribution in [-0.2, 0) is 18.9 Å². The third kappa shape index (κ3) is 5.13. The van der Waals surface area contributed by atoms with Gasteiger partial charge in [-0.1, -0.05) is 42.5 Å². The van der Waals surface area contributed by atoms with E-state index in [0.717, 1.165) is 0 Å². The monoisotopic (exact) mass is 412 g/mol. The zero-order valence-corrected chi connectivity index (χ0v) is 16.5. The van der Waals surface area contributed by atoms with E-state index in [1.165, 1.54) is 6.08 Å². The first-order valence-electron chi connectivity index (χ1n) is 9.59. The van der Waals surface area contributed by atoms with Crippen LogP contribution >= 0.6 is 0 Å². The van der Waals surface area contributed by atoms with Gasteiger partial charge in [-0.05, 0) is 31.2 Å². The maximum atomic E-state index is 12.5. The van der Waals surface area contributed by atoms with Crippen LogP contribution < -0.4 is 0 Å². The molecule has 0 spiro atoms. The van der Waals surface area contributed by atoms with Crippen LogP contribution in [0.15, 0.2) is 73.3 Å².